The largest absolute Gasteiger partial charge is 0.509 e. The van der Waals surface area contributed by atoms with Crippen LogP contribution >= 0.6 is 0 Å². The molecular weight excluding hydrogens is 366 g/mol. The van der Waals surface area contributed by atoms with E-state index < -0.39 is 46.8 Å². The van der Waals surface area contributed by atoms with E-state index in [0.717, 1.165) is 32.1 Å². The maximum atomic E-state index is 12.3. The molecule has 0 aromatic rings. The van der Waals surface area contributed by atoms with Crippen LogP contribution in [0.15, 0.2) is 11.3 Å². The molecule has 1 saturated heterocycles. The van der Waals surface area contributed by atoms with E-state index in [9.17, 15) is 19.5 Å². The van der Waals surface area contributed by atoms with Crippen molar-refractivity contribution in [3.8, 4) is 0 Å². The first-order valence-electron chi connectivity index (χ1n) is 9.77. The number of ether oxygens (including phenoxy) is 3. The highest BCUT2D eigenvalue weighted by atomic mass is 16.7. The number of aliphatic hydroxyl groups is 1. The second-order valence-corrected chi connectivity index (χ2v) is 8.88. The smallest absolute Gasteiger partial charge is 0.408 e. The average Bonchev–Trinajstić information content (AvgIpc) is 2.51. The van der Waals surface area contributed by atoms with Crippen LogP contribution in [0.3, 0.4) is 0 Å². The van der Waals surface area contributed by atoms with Crippen LogP contribution in [0.4, 0.5) is 4.79 Å². The summed E-state index contributed by atoms with van der Waals surface area (Å²) in [6.07, 6.45) is 4.85. The topological polar surface area (TPSA) is 111 Å². The van der Waals surface area contributed by atoms with Crippen molar-refractivity contribution in [1.82, 2.24) is 5.32 Å². The van der Waals surface area contributed by atoms with Gasteiger partial charge in [0.2, 0.25) is 0 Å². The van der Waals surface area contributed by atoms with Crippen molar-refractivity contribution in [3.63, 3.8) is 0 Å². The Labute approximate surface area is 165 Å². The summed E-state index contributed by atoms with van der Waals surface area (Å²) in [5, 5.41) is 13.3. The van der Waals surface area contributed by atoms with Crippen LogP contribution in [0.5, 0.6) is 0 Å². The highest BCUT2D eigenvalue weighted by Crippen LogP contribution is 2.31. The molecule has 0 bridgehead atoms. The van der Waals surface area contributed by atoms with Crippen molar-refractivity contribution in [2.45, 2.75) is 90.6 Å². The van der Waals surface area contributed by atoms with Crippen LogP contribution in [-0.4, -0.2) is 40.6 Å². The molecule has 1 amide bonds. The first-order chi connectivity index (χ1) is 12.9. The van der Waals surface area contributed by atoms with Gasteiger partial charge in [0.05, 0.1) is 6.04 Å². The molecule has 158 valence electrons. The molecule has 0 spiro atoms. The van der Waals surface area contributed by atoms with Gasteiger partial charge in [0.15, 0.2) is 5.57 Å². The van der Waals surface area contributed by atoms with Gasteiger partial charge in [0, 0.05) is 13.8 Å². The maximum absolute atomic E-state index is 12.3. The van der Waals surface area contributed by atoms with Gasteiger partial charge in [-0.3, -0.25) is 0 Å². The summed E-state index contributed by atoms with van der Waals surface area (Å²) < 4.78 is 15.4. The lowest BCUT2D eigenvalue weighted by Crippen LogP contribution is -2.46. The SMILES string of the molecule is CC(C)(C)OC(=O)NC(CC1CCCCC1)C(O)=C1C(=O)OC(C)(C)OC1=O. The van der Waals surface area contributed by atoms with Gasteiger partial charge >= 0.3 is 18.0 Å². The van der Waals surface area contributed by atoms with E-state index in [2.05, 4.69) is 5.32 Å². The zero-order valence-electron chi connectivity index (χ0n) is 17.3. The third kappa shape index (κ3) is 6.14. The Morgan fingerprint density at radius 2 is 1.71 bits per heavy atom. The van der Waals surface area contributed by atoms with Crippen molar-refractivity contribution in [2.75, 3.05) is 0 Å². The number of hydrogen-bond donors (Lipinski definition) is 2. The van der Waals surface area contributed by atoms with E-state index in [4.69, 9.17) is 14.2 Å². The summed E-state index contributed by atoms with van der Waals surface area (Å²) in [5.41, 5.74) is -1.31. The summed E-state index contributed by atoms with van der Waals surface area (Å²) in [7, 11) is 0. The fourth-order valence-electron chi connectivity index (χ4n) is 3.48. The molecule has 1 saturated carbocycles. The van der Waals surface area contributed by atoms with Crippen molar-refractivity contribution in [1.29, 1.82) is 0 Å². The van der Waals surface area contributed by atoms with E-state index in [0.29, 0.717) is 6.42 Å². The second-order valence-electron chi connectivity index (χ2n) is 8.88. The number of hydrogen-bond acceptors (Lipinski definition) is 7. The average molecular weight is 397 g/mol. The van der Waals surface area contributed by atoms with Gasteiger partial charge in [-0.1, -0.05) is 32.1 Å². The Hall–Kier alpha value is -2.25. The number of carbonyl (C=O) groups is 3. The Kier molecular flexibility index (Phi) is 6.62. The monoisotopic (exact) mass is 397 g/mol. The number of esters is 2. The molecule has 0 aromatic heterocycles. The summed E-state index contributed by atoms with van der Waals surface area (Å²) >= 11 is 0. The fraction of sp³-hybridized carbons (Fsp3) is 0.750. The molecule has 1 heterocycles. The molecule has 1 atom stereocenters. The molecule has 8 heteroatoms. The van der Waals surface area contributed by atoms with E-state index in [1.807, 2.05) is 0 Å². The number of amides is 1. The summed E-state index contributed by atoms with van der Waals surface area (Å²) in [5.74, 6) is -3.66. The highest BCUT2D eigenvalue weighted by Gasteiger charge is 2.43. The van der Waals surface area contributed by atoms with E-state index in [-0.39, 0.29) is 5.92 Å². The maximum Gasteiger partial charge on any atom is 0.408 e. The van der Waals surface area contributed by atoms with Gasteiger partial charge in [0.25, 0.3) is 5.79 Å². The normalized spacial score (nSPS) is 21.4. The molecule has 2 fully saturated rings. The molecule has 1 aliphatic carbocycles. The molecular formula is C20H31NO7. The zero-order chi connectivity index (χ0) is 21.1. The van der Waals surface area contributed by atoms with Crippen LogP contribution < -0.4 is 5.32 Å². The van der Waals surface area contributed by atoms with Crippen molar-refractivity contribution >= 4 is 18.0 Å². The third-order valence-electron chi connectivity index (χ3n) is 4.66. The van der Waals surface area contributed by atoms with E-state index in [1.54, 1.807) is 20.8 Å². The Morgan fingerprint density at radius 3 is 2.21 bits per heavy atom. The van der Waals surface area contributed by atoms with Crippen LogP contribution in [0.2, 0.25) is 0 Å². The molecule has 2 aliphatic rings. The van der Waals surface area contributed by atoms with Gasteiger partial charge in [-0.25, -0.2) is 14.4 Å². The molecule has 0 radical (unpaired) electrons. The van der Waals surface area contributed by atoms with Gasteiger partial charge in [-0.05, 0) is 33.1 Å². The van der Waals surface area contributed by atoms with Crippen LogP contribution in [-0.2, 0) is 23.8 Å². The molecule has 1 aliphatic heterocycles. The van der Waals surface area contributed by atoms with Gasteiger partial charge in [0.1, 0.15) is 11.4 Å². The fourth-order valence-corrected chi connectivity index (χ4v) is 3.48. The lowest BCUT2D eigenvalue weighted by molar-refractivity contribution is -0.222. The minimum Gasteiger partial charge on any atom is -0.509 e. The number of cyclic esters (lactones) is 2. The van der Waals surface area contributed by atoms with Crippen molar-refractivity contribution in [3.05, 3.63) is 11.3 Å². The number of rotatable bonds is 4. The summed E-state index contributed by atoms with van der Waals surface area (Å²) in [6.45, 7) is 8.02. The third-order valence-corrected chi connectivity index (χ3v) is 4.66. The highest BCUT2D eigenvalue weighted by molar-refractivity contribution is 6.15. The van der Waals surface area contributed by atoms with Gasteiger partial charge < -0.3 is 24.6 Å². The van der Waals surface area contributed by atoms with Crippen LogP contribution in [0.25, 0.3) is 0 Å². The first-order valence-corrected chi connectivity index (χ1v) is 9.77. The van der Waals surface area contributed by atoms with Crippen LogP contribution in [0, 0.1) is 5.92 Å². The number of aliphatic hydroxyl groups excluding tert-OH is 1. The molecule has 0 aromatic carbocycles. The molecule has 28 heavy (non-hydrogen) atoms. The van der Waals surface area contributed by atoms with Crippen LogP contribution in [0.1, 0.15) is 73.1 Å². The lowest BCUT2D eigenvalue weighted by Gasteiger charge is -2.32. The number of nitrogens with one attached hydrogen (secondary N) is 1. The minimum atomic E-state index is -1.41. The van der Waals surface area contributed by atoms with Crippen molar-refractivity contribution in [2.24, 2.45) is 5.92 Å². The van der Waals surface area contributed by atoms with Crippen molar-refractivity contribution < 1.29 is 33.7 Å². The quantitative estimate of drug-likeness (QED) is 0.323. The van der Waals surface area contributed by atoms with Gasteiger partial charge in [-0.15, -0.1) is 0 Å². The molecule has 2 N–H and O–H groups in total. The number of carbonyl (C=O) groups excluding carboxylic acids is 3. The van der Waals surface area contributed by atoms with Gasteiger partial charge in [-0.2, -0.15) is 0 Å². The van der Waals surface area contributed by atoms with E-state index >= 15 is 0 Å². The summed E-state index contributed by atoms with van der Waals surface area (Å²) in [4.78, 5) is 36.8. The standard InChI is InChI=1S/C20H31NO7/c1-19(2,3)28-18(25)21-13(11-12-9-7-6-8-10-12)15(22)14-16(23)26-20(4,5)27-17(14)24/h12-13,22H,6-11H2,1-5H3,(H,21,25). The Balaban J connectivity index is 2.26. The predicted molar refractivity (Wildman–Crippen MR) is 100 cm³/mol. The predicted octanol–water partition coefficient (Wildman–Crippen LogP) is 3.50. The Bertz CT molecular complexity index is 632. The lowest BCUT2D eigenvalue weighted by atomic mass is 9.84. The van der Waals surface area contributed by atoms with E-state index in [1.165, 1.54) is 13.8 Å². The zero-order valence-corrected chi connectivity index (χ0v) is 17.3. The first kappa shape index (κ1) is 22.0. The molecule has 1 unspecified atom stereocenters. The summed E-state index contributed by atoms with van der Waals surface area (Å²) in [6, 6.07) is -0.950. The molecule has 8 nitrogen and oxygen atoms in total. The number of alkyl carbamates (subject to hydrolysis) is 1. The Morgan fingerprint density at radius 1 is 1.18 bits per heavy atom. The second kappa shape index (κ2) is 8.41. The minimum absolute atomic E-state index is 0.253. The molecule has 2 rings (SSSR count).